The first-order valence-electron chi connectivity index (χ1n) is 6.72. The van der Waals surface area contributed by atoms with Gasteiger partial charge in [-0.05, 0) is 31.2 Å². The molecule has 0 bridgehead atoms. The Kier molecular flexibility index (Phi) is 4.31. The van der Waals surface area contributed by atoms with Crippen LogP contribution >= 0.6 is 0 Å². The molecule has 2 rings (SSSR count). The average molecular weight is 313 g/mol. The molecule has 1 atom stereocenters. The molecule has 8 heteroatoms. The number of hydrogen-bond donors (Lipinski definition) is 1. The molecule has 1 aliphatic rings. The highest BCUT2D eigenvalue weighted by molar-refractivity contribution is 7.89. The van der Waals surface area contributed by atoms with Gasteiger partial charge in [-0.1, -0.05) is 12.1 Å². The Morgan fingerprint density at radius 3 is 2.57 bits per heavy atom. The molecule has 1 aromatic carbocycles. The second-order valence-electron chi connectivity index (χ2n) is 5.34. The fourth-order valence-electron chi connectivity index (χ4n) is 2.56. The maximum atomic E-state index is 12.8. The summed E-state index contributed by atoms with van der Waals surface area (Å²) < 4.78 is 26.7. The zero-order valence-corrected chi connectivity index (χ0v) is 12.8. The van der Waals surface area contributed by atoms with Crippen molar-refractivity contribution < 1.29 is 13.3 Å². The van der Waals surface area contributed by atoms with Gasteiger partial charge in [0, 0.05) is 25.7 Å². The second kappa shape index (κ2) is 5.70. The summed E-state index contributed by atoms with van der Waals surface area (Å²) in [5.74, 6) is 0.248. The molecule has 7 nitrogen and oxygen atoms in total. The van der Waals surface area contributed by atoms with Crippen LogP contribution in [0.3, 0.4) is 0 Å². The van der Waals surface area contributed by atoms with Crippen molar-refractivity contribution in [3.63, 3.8) is 0 Å². The van der Waals surface area contributed by atoms with Crippen LogP contribution in [0.4, 0.5) is 5.69 Å². The molecule has 0 radical (unpaired) electrons. The fourth-order valence-corrected chi connectivity index (χ4v) is 4.34. The SMILES string of the molecule is Cc1cccc([N+](=O)[O-])c1S(=O)(=O)N(C)C(CN)C1CC1. The number of hydrogen-bond acceptors (Lipinski definition) is 5. The van der Waals surface area contributed by atoms with E-state index in [2.05, 4.69) is 0 Å². The fraction of sp³-hybridized carbons (Fsp3) is 0.538. The molecule has 0 spiro atoms. The average Bonchev–Trinajstić information content (AvgIpc) is 3.23. The number of sulfonamides is 1. The van der Waals surface area contributed by atoms with Gasteiger partial charge in [-0.15, -0.1) is 0 Å². The monoisotopic (exact) mass is 313 g/mol. The van der Waals surface area contributed by atoms with E-state index in [9.17, 15) is 18.5 Å². The molecule has 1 fully saturated rings. The Bertz CT molecular complexity index is 655. The van der Waals surface area contributed by atoms with E-state index in [1.165, 1.54) is 23.5 Å². The third-order valence-electron chi connectivity index (χ3n) is 3.90. The van der Waals surface area contributed by atoms with Crippen LogP contribution in [0, 0.1) is 23.0 Å². The minimum Gasteiger partial charge on any atom is -0.329 e. The highest BCUT2D eigenvalue weighted by Gasteiger charge is 2.40. The summed E-state index contributed by atoms with van der Waals surface area (Å²) in [6.45, 7) is 1.77. The predicted molar refractivity (Wildman–Crippen MR) is 78.3 cm³/mol. The Morgan fingerprint density at radius 2 is 2.10 bits per heavy atom. The lowest BCUT2D eigenvalue weighted by atomic mass is 10.2. The third-order valence-corrected chi connectivity index (χ3v) is 5.98. The maximum Gasteiger partial charge on any atom is 0.289 e. The standard InChI is InChI=1S/C13H19N3O4S/c1-9-4-3-5-11(16(17)18)13(9)21(19,20)15(2)12(8-14)10-6-7-10/h3-5,10,12H,6-8,14H2,1-2H3. The Morgan fingerprint density at radius 1 is 1.48 bits per heavy atom. The molecule has 21 heavy (non-hydrogen) atoms. The van der Waals surface area contributed by atoms with Crippen LogP contribution in [-0.2, 0) is 10.0 Å². The van der Waals surface area contributed by atoms with Gasteiger partial charge in [-0.3, -0.25) is 10.1 Å². The molecule has 0 heterocycles. The number of aryl methyl sites for hydroxylation is 1. The third kappa shape index (κ3) is 2.92. The number of likely N-dealkylation sites (N-methyl/N-ethyl adjacent to an activating group) is 1. The summed E-state index contributed by atoms with van der Waals surface area (Å²) in [5.41, 5.74) is 5.65. The van der Waals surface area contributed by atoms with Gasteiger partial charge in [0.2, 0.25) is 10.0 Å². The minimum absolute atomic E-state index is 0.208. The van der Waals surface area contributed by atoms with E-state index in [1.807, 2.05) is 0 Å². The summed E-state index contributed by atoms with van der Waals surface area (Å²) in [7, 11) is -2.50. The van der Waals surface area contributed by atoms with Gasteiger partial charge in [-0.25, -0.2) is 8.42 Å². The smallest absolute Gasteiger partial charge is 0.289 e. The highest BCUT2D eigenvalue weighted by atomic mass is 32.2. The van der Waals surface area contributed by atoms with Gasteiger partial charge in [0.15, 0.2) is 4.90 Å². The van der Waals surface area contributed by atoms with Crippen LogP contribution < -0.4 is 5.73 Å². The van der Waals surface area contributed by atoms with Crippen molar-refractivity contribution in [3.8, 4) is 0 Å². The second-order valence-corrected chi connectivity index (χ2v) is 7.28. The van der Waals surface area contributed by atoms with E-state index >= 15 is 0 Å². The first-order chi connectivity index (χ1) is 9.80. The van der Waals surface area contributed by atoms with E-state index in [0.29, 0.717) is 5.56 Å². The van der Waals surface area contributed by atoms with Crippen molar-refractivity contribution in [3.05, 3.63) is 33.9 Å². The lowest BCUT2D eigenvalue weighted by Crippen LogP contribution is -2.43. The van der Waals surface area contributed by atoms with Gasteiger partial charge in [0.05, 0.1) is 4.92 Å². The van der Waals surface area contributed by atoms with Crippen molar-refractivity contribution in [1.29, 1.82) is 0 Å². The lowest BCUT2D eigenvalue weighted by Gasteiger charge is -2.26. The molecular formula is C13H19N3O4S. The molecule has 116 valence electrons. The predicted octanol–water partition coefficient (Wildman–Crippen LogP) is 1.26. The molecule has 1 aromatic rings. The zero-order valence-electron chi connectivity index (χ0n) is 12.0. The van der Waals surface area contributed by atoms with Gasteiger partial charge in [0.25, 0.3) is 5.69 Å². The van der Waals surface area contributed by atoms with E-state index in [4.69, 9.17) is 5.73 Å². The number of nitro groups is 1. The van der Waals surface area contributed by atoms with E-state index < -0.39 is 20.6 Å². The number of nitro benzene ring substituents is 1. The van der Waals surface area contributed by atoms with Gasteiger partial charge in [-0.2, -0.15) is 4.31 Å². The van der Waals surface area contributed by atoms with Crippen LogP contribution in [-0.4, -0.2) is 37.3 Å². The van der Waals surface area contributed by atoms with Crippen LogP contribution in [0.15, 0.2) is 23.1 Å². The number of nitrogens with zero attached hydrogens (tertiary/aromatic N) is 2. The molecule has 1 aliphatic carbocycles. The normalized spacial score (nSPS) is 17.0. The van der Waals surface area contributed by atoms with Crippen LogP contribution in [0.25, 0.3) is 0 Å². The van der Waals surface area contributed by atoms with E-state index in [0.717, 1.165) is 12.8 Å². The summed E-state index contributed by atoms with van der Waals surface area (Å²) in [4.78, 5) is 10.2. The van der Waals surface area contributed by atoms with Crippen molar-refractivity contribution in [1.82, 2.24) is 4.31 Å². The quantitative estimate of drug-likeness (QED) is 0.628. The van der Waals surface area contributed by atoms with Crippen LogP contribution in [0.5, 0.6) is 0 Å². The van der Waals surface area contributed by atoms with E-state index in [1.54, 1.807) is 13.0 Å². The molecule has 0 amide bonds. The first-order valence-corrected chi connectivity index (χ1v) is 8.16. The Balaban J connectivity index is 2.51. The van der Waals surface area contributed by atoms with E-state index in [-0.39, 0.29) is 23.4 Å². The topological polar surface area (TPSA) is 107 Å². The first kappa shape index (κ1) is 15.9. The van der Waals surface area contributed by atoms with Crippen molar-refractivity contribution in [2.45, 2.75) is 30.7 Å². The van der Waals surface area contributed by atoms with Gasteiger partial charge < -0.3 is 5.73 Å². The highest BCUT2D eigenvalue weighted by Crippen LogP contribution is 2.38. The van der Waals surface area contributed by atoms with Crippen molar-refractivity contribution >= 4 is 15.7 Å². The van der Waals surface area contributed by atoms with Gasteiger partial charge >= 0.3 is 0 Å². The molecule has 0 aliphatic heterocycles. The number of nitrogens with two attached hydrogens (primary N) is 1. The van der Waals surface area contributed by atoms with Crippen molar-refractivity contribution in [2.75, 3.05) is 13.6 Å². The molecule has 0 aromatic heterocycles. The summed E-state index contributed by atoms with van der Waals surface area (Å²) in [5, 5.41) is 11.1. The minimum atomic E-state index is -3.95. The largest absolute Gasteiger partial charge is 0.329 e. The zero-order chi connectivity index (χ0) is 15.8. The molecular weight excluding hydrogens is 294 g/mol. The number of benzene rings is 1. The number of rotatable bonds is 6. The molecule has 1 unspecified atom stereocenters. The van der Waals surface area contributed by atoms with Crippen LogP contribution in [0.1, 0.15) is 18.4 Å². The van der Waals surface area contributed by atoms with Crippen LogP contribution in [0.2, 0.25) is 0 Å². The van der Waals surface area contributed by atoms with Gasteiger partial charge in [0.1, 0.15) is 0 Å². The summed E-state index contributed by atoms with van der Waals surface area (Å²) >= 11 is 0. The maximum absolute atomic E-state index is 12.8. The summed E-state index contributed by atoms with van der Waals surface area (Å²) in [6, 6.07) is 3.94. The lowest BCUT2D eigenvalue weighted by molar-refractivity contribution is -0.387. The summed E-state index contributed by atoms with van der Waals surface area (Å²) in [6.07, 6.45) is 1.88. The molecule has 2 N–H and O–H groups in total. The molecule has 0 saturated heterocycles. The van der Waals surface area contributed by atoms with Crippen molar-refractivity contribution in [2.24, 2.45) is 11.7 Å². The Labute approximate surface area is 123 Å². The molecule has 1 saturated carbocycles. The Hall–Kier alpha value is -1.51.